The van der Waals surface area contributed by atoms with Gasteiger partial charge in [0.2, 0.25) is 0 Å². The molecule has 0 aromatic carbocycles. The Morgan fingerprint density at radius 2 is 2.45 bits per heavy atom. The van der Waals surface area contributed by atoms with Gasteiger partial charge in [0.25, 0.3) is 0 Å². The summed E-state index contributed by atoms with van der Waals surface area (Å²) in [7, 11) is 1.67. The van der Waals surface area contributed by atoms with Gasteiger partial charge >= 0.3 is 0 Å². The van der Waals surface area contributed by atoms with Gasteiger partial charge in [0.05, 0.1) is 12.2 Å². The first-order valence-corrected chi connectivity index (χ1v) is 3.96. The number of nitriles is 1. The molecule has 1 atom stereocenters. The van der Waals surface area contributed by atoms with Gasteiger partial charge in [0.1, 0.15) is 0 Å². The topological polar surface area (TPSA) is 33.0 Å². The second-order valence-corrected chi connectivity index (χ2v) is 3.05. The van der Waals surface area contributed by atoms with E-state index in [1.165, 1.54) is 0 Å². The summed E-state index contributed by atoms with van der Waals surface area (Å²) in [6, 6.07) is 2.09. The molecule has 1 unspecified atom stereocenters. The lowest BCUT2D eigenvalue weighted by Gasteiger charge is -2.19. The molecule has 0 heterocycles. The average Bonchev–Trinajstić information content (AvgIpc) is 2.05. The second-order valence-electron chi connectivity index (χ2n) is 2.60. The highest BCUT2D eigenvalue weighted by atomic mass is 35.5. The number of methoxy groups -OCH3 is 1. The summed E-state index contributed by atoms with van der Waals surface area (Å²) in [5.74, 6) is 0. The maximum Gasteiger partial charge on any atom is 0.0960 e. The summed E-state index contributed by atoms with van der Waals surface area (Å²) >= 11 is 5.81. The van der Waals surface area contributed by atoms with Crippen LogP contribution in [0.15, 0.2) is 10.6 Å². The van der Waals surface area contributed by atoms with Crippen LogP contribution in [0.1, 0.15) is 19.3 Å². The van der Waals surface area contributed by atoms with Crippen LogP contribution in [0, 0.1) is 11.3 Å². The zero-order valence-electron chi connectivity index (χ0n) is 6.43. The summed E-state index contributed by atoms with van der Waals surface area (Å²) in [6.07, 6.45) is 2.57. The average molecular weight is 172 g/mol. The maximum atomic E-state index is 8.63. The van der Waals surface area contributed by atoms with Crippen LogP contribution in [-0.2, 0) is 4.74 Å². The van der Waals surface area contributed by atoms with Crippen LogP contribution in [0.4, 0.5) is 0 Å². The van der Waals surface area contributed by atoms with E-state index in [-0.39, 0.29) is 6.10 Å². The molecule has 0 fully saturated rings. The van der Waals surface area contributed by atoms with Gasteiger partial charge in [0, 0.05) is 24.1 Å². The summed E-state index contributed by atoms with van der Waals surface area (Å²) in [4.78, 5) is 0. The molecular weight excluding hydrogens is 162 g/mol. The molecule has 1 rings (SSSR count). The standard InChI is InChI=1S/C8H10ClNO/c1-11-7-2-3-8(9)6(4-7)5-10/h7H,2-4H2,1H3. The number of allylic oxidation sites excluding steroid dienone is 1. The predicted molar refractivity (Wildman–Crippen MR) is 43.1 cm³/mol. The molecule has 0 amide bonds. The van der Waals surface area contributed by atoms with E-state index in [9.17, 15) is 0 Å². The lowest BCUT2D eigenvalue weighted by atomic mass is 9.97. The first kappa shape index (κ1) is 8.58. The molecule has 60 valence electrons. The number of hydrogen-bond donors (Lipinski definition) is 0. The van der Waals surface area contributed by atoms with Crippen LogP contribution in [0.25, 0.3) is 0 Å². The first-order chi connectivity index (χ1) is 5.27. The molecule has 0 spiro atoms. The molecule has 11 heavy (non-hydrogen) atoms. The Kier molecular flexibility index (Phi) is 2.92. The van der Waals surface area contributed by atoms with Crippen LogP contribution >= 0.6 is 11.6 Å². The predicted octanol–water partition coefficient (Wildman–Crippen LogP) is 2.20. The normalized spacial score (nSPS) is 25.0. The Labute approximate surface area is 71.4 Å². The van der Waals surface area contributed by atoms with Gasteiger partial charge in [-0.15, -0.1) is 0 Å². The highest BCUT2D eigenvalue weighted by Gasteiger charge is 2.19. The van der Waals surface area contributed by atoms with Crippen LogP contribution in [0.2, 0.25) is 0 Å². The van der Waals surface area contributed by atoms with E-state index in [0.717, 1.165) is 12.8 Å². The third kappa shape index (κ3) is 1.95. The quantitative estimate of drug-likeness (QED) is 0.606. The molecule has 0 aliphatic heterocycles. The van der Waals surface area contributed by atoms with Crippen molar-refractivity contribution in [3.05, 3.63) is 10.6 Å². The van der Waals surface area contributed by atoms with Gasteiger partial charge in [-0.1, -0.05) is 11.6 Å². The lowest BCUT2D eigenvalue weighted by Crippen LogP contribution is -2.15. The molecule has 1 aliphatic carbocycles. The highest BCUT2D eigenvalue weighted by molar-refractivity contribution is 6.30. The third-order valence-electron chi connectivity index (χ3n) is 1.91. The van der Waals surface area contributed by atoms with E-state index >= 15 is 0 Å². The van der Waals surface area contributed by atoms with Crippen LogP contribution in [0.5, 0.6) is 0 Å². The van der Waals surface area contributed by atoms with E-state index < -0.39 is 0 Å². The Hall–Kier alpha value is -0.520. The van der Waals surface area contributed by atoms with Crippen molar-refractivity contribution in [2.45, 2.75) is 25.4 Å². The molecule has 1 aliphatic rings. The Balaban J connectivity index is 2.67. The largest absolute Gasteiger partial charge is 0.381 e. The first-order valence-electron chi connectivity index (χ1n) is 3.58. The smallest absolute Gasteiger partial charge is 0.0960 e. The van der Waals surface area contributed by atoms with Gasteiger partial charge in [-0.3, -0.25) is 0 Å². The van der Waals surface area contributed by atoms with Crippen molar-refractivity contribution in [1.29, 1.82) is 5.26 Å². The maximum absolute atomic E-state index is 8.63. The molecule has 0 aromatic heterocycles. The fourth-order valence-corrected chi connectivity index (χ4v) is 1.42. The van der Waals surface area contributed by atoms with Crippen LogP contribution < -0.4 is 0 Å². The molecule has 3 heteroatoms. The number of nitrogens with zero attached hydrogens (tertiary/aromatic N) is 1. The minimum Gasteiger partial charge on any atom is -0.381 e. The fourth-order valence-electron chi connectivity index (χ4n) is 1.19. The second kappa shape index (κ2) is 3.75. The molecule has 0 saturated heterocycles. The van der Waals surface area contributed by atoms with Crippen LogP contribution in [0.3, 0.4) is 0 Å². The zero-order chi connectivity index (χ0) is 8.27. The summed E-state index contributed by atoms with van der Waals surface area (Å²) in [5.41, 5.74) is 0.685. The minimum atomic E-state index is 0.187. The van der Waals surface area contributed by atoms with Crippen molar-refractivity contribution in [3.8, 4) is 6.07 Å². The van der Waals surface area contributed by atoms with Crippen molar-refractivity contribution in [2.24, 2.45) is 0 Å². The lowest BCUT2D eigenvalue weighted by molar-refractivity contribution is 0.0931. The Morgan fingerprint density at radius 3 is 3.00 bits per heavy atom. The number of rotatable bonds is 1. The van der Waals surface area contributed by atoms with Crippen molar-refractivity contribution in [1.82, 2.24) is 0 Å². The molecule has 0 N–H and O–H groups in total. The molecule has 0 radical (unpaired) electrons. The Bertz CT molecular complexity index is 217. The number of ether oxygens (including phenoxy) is 1. The minimum absolute atomic E-state index is 0.187. The van der Waals surface area contributed by atoms with E-state index in [1.54, 1.807) is 7.11 Å². The van der Waals surface area contributed by atoms with Gasteiger partial charge in [0.15, 0.2) is 0 Å². The fraction of sp³-hybridized carbons (Fsp3) is 0.625. The molecule has 0 saturated carbocycles. The van der Waals surface area contributed by atoms with E-state index in [4.69, 9.17) is 21.6 Å². The summed E-state index contributed by atoms with van der Waals surface area (Å²) in [5, 5.41) is 9.34. The number of halogens is 1. The Morgan fingerprint density at radius 1 is 1.73 bits per heavy atom. The molecule has 0 bridgehead atoms. The number of hydrogen-bond acceptors (Lipinski definition) is 2. The summed E-state index contributed by atoms with van der Waals surface area (Å²) < 4.78 is 5.13. The highest BCUT2D eigenvalue weighted by Crippen LogP contribution is 2.28. The van der Waals surface area contributed by atoms with Gasteiger partial charge in [-0.05, 0) is 12.8 Å². The molecule has 2 nitrogen and oxygen atoms in total. The van der Waals surface area contributed by atoms with Gasteiger partial charge < -0.3 is 4.74 Å². The zero-order valence-corrected chi connectivity index (χ0v) is 7.19. The monoisotopic (exact) mass is 171 g/mol. The van der Waals surface area contributed by atoms with E-state index in [1.807, 2.05) is 0 Å². The van der Waals surface area contributed by atoms with Crippen molar-refractivity contribution >= 4 is 11.6 Å². The molecule has 0 aromatic rings. The van der Waals surface area contributed by atoms with E-state index in [0.29, 0.717) is 17.0 Å². The van der Waals surface area contributed by atoms with Gasteiger partial charge in [-0.25, -0.2) is 0 Å². The van der Waals surface area contributed by atoms with Crippen LogP contribution in [-0.4, -0.2) is 13.2 Å². The summed E-state index contributed by atoms with van der Waals surface area (Å²) in [6.45, 7) is 0. The van der Waals surface area contributed by atoms with Crippen molar-refractivity contribution in [3.63, 3.8) is 0 Å². The third-order valence-corrected chi connectivity index (χ3v) is 2.33. The van der Waals surface area contributed by atoms with Gasteiger partial charge in [-0.2, -0.15) is 5.26 Å². The van der Waals surface area contributed by atoms with Crippen molar-refractivity contribution in [2.75, 3.05) is 7.11 Å². The van der Waals surface area contributed by atoms with Crippen molar-refractivity contribution < 1.29 is 4.74 Å². The SMILES string of the molecule is COC1CCC(Cl)=C(C#N)C1. The molecular formula is C8H10ClNO. The van der Waals surface area contributed by atoms with E-state index in [2.05, 4.69) is 6.07 Å².